The predicted octanol–water partition coefficient (Wildman–Crippen LogP) is 3.45. The molecular formula is C27H28Cl2N6O3. The lowest BCUT2D eigenvalue weighted by atomic mass is 9.96. The third-order valence-electron chi connectivity index (χ3n) is 6.95. The van der Waals surface area contributed by atoms with Gasteiger partial charge in [-0.3, -0.25) is 24.6 Å². The van der Waals surface area contributed by atoms with Crippen molar-refractivity contribution in [1.82, 2.24) is 25.4 Å². The van der Waals surface area contributed by atoms with Gasteiger partial charge in [0.15, 0.2) is 0 Å². The van der Waals surface area contributed by atoms with Gasteiger partial charge in [0.1, 0.15) is 11.2 Å². The van der Waals surface area contributed by atoms with Crippen LogP contribution in [0, 0.1) is 5.92 Å². The lowest BCUT2D eigenvalue weighted by Gasteiger charge is -2.34. The molecule has 3 N–H and O–H groups in total. The second-order valence-electron chi connectivity index (χ2n) is 9.42. The van der Waals surface area contributed by atoms with Crippen molar-refractivity contribution in [3.05, 3.63) is 93.2 Å². The summed E-state index contributed by atoms with van der Waals surface area (Å²) >= 11 is 12.3. The Labute approximate surface area is 230 Å². The average Bonchev–Trinajstić information content (AvgIpc) is 3.38. The molecule has 0 bridgehead atoms. The van der Waals surface area contributed by atoms with Gasteiger partial charge in [-0.05, 0) is 42.5 Å². The smallest absolute Gasteiger partial charge is 0.254 e. The number of hydrazine groups is 2. The van der Waals surface area contributed by atoms with E-state index < -0.39 is 6.04 Å². The second kappa shape index (κ2) is 11.6. The van der Waals surface area contributed by atoms with Gasteiger partial charge in [0.2, 0.25) is 5.91 Å². The van der Waals surface area contributed by atoms with Crippen molar-refractivity contribution >= 4 is 34.8 Å². The number of hydrogen-bond acceptors (Lipinski definition) is 7. The summed E-state index contributed by atoms with van der Waals surface area (Å²) in [6.45, 7) is 1.22. The molecule has 1 fully saturated rings. The number of rotatable bonds is 7. The normalized spacial score (nSPS) is 16.8. The summed E-state index contributed by atoms with van der Waals surface area (Å²) in [6, 6.07) is 15.6. The quantitative estimate of drug-likeness (QED) is 0.384. The molecule has 1 saturated heterocycles. The third-order valence-corrected chi connectivity index (χ3v) is 7.37. The Bertz CT molecular complexity index is 1390. The van der Waals surface area contributed by atoms with Crippen LogP contribution in [0.25, 0.3) is 11.3 Å². The van der Waals surface area contributed by atoms with E-state index in [1.165, 1.54) is 17.0 Å². The molecular weight excluding hydrogens is 527 g/mol. The van der Waals surface area contributed by atoms with Crippen molar-refractivity contribution in [3.63, 3.8) is 0 Å². The van der Waals surface area contributed by atoms with Crippen LogP contribution in [0.4, 0.5) is 5.69 Å². The molecule has 0 saturated carbocycles. The fraction of sp³-hybridized carbons (Fsp3) is 0.296. The third kappa shape index (κ3) is 5.71. The molecule has 9 nitrogen and oxygen atoms in total. The summed E-state index contributed by atoms with van der Waals surface area (Å²) < 4.78 is 1.41. The van der Waals surface area contributed by atoms with E-state index in [2.05, 4.69) is 15.9 Å². The zero-order valence-electron chi connectivity index (χ0n) is 20.6. The number of nitrogens with zero attached hydrogens (tertiary/aromatic N) is 4. The highest BCUT2D eigenvalue weighted by Crippen LogP contribution is 2.32. The number of anilines is 1. The highest BCUT2D eigenvalue weighted by atomic mass is 35.5. The number of aromatic nitrogens is 2. The highest BCUT2D eigenvalue weighted by molar-refractivity contribution is 6.31. The fourth-order valence-electron chi connectivity index (χ4n) is 4.82. The van der Waals surface area contributed by atoms with Gasteiger partial charge in [0.05, 0.1) is 23.9 Å². The van der Waals surface area contributed by atoms with Gasteiger partial charge in [-0.25, -0.2) is 4.98 Å². The van der Waals surface area contributed by atoms with Gasteiger partial charge in [-0.2, -0.15) is 0 Å². The molecule has 0 radical (unpaired) electrons. The lowest BCUT2D eigenvalue weighted by molar-refractivity contribution is -0.136. The number of benzene rings is 2. The van der Waals surface area contributed by atoms with Crippen LogP contribution in [0.2, 0.25) is 5.02 Å². The van der Waals surface area contributed by atoms with Crippen LogP contribution in [-0.2, 0) is 11.2 Å². The number of carbonyl (C=O) groups excluding carboxylic acids is 1. The molecule has 1 aromatic heterocycles. The molecule has 0 aliphatic carbocycles. The van der Waals surface area contributed by atoms with Crippen LogP contribution in [0.15, 0.2) is 77.1 Å². The van der Waals surface area contributed by atoms with Gasteiger partial charge in [0, 0.05) is 42.8 Å². The number of halogens is 2. The topological polar surface area (TPSA) is 103 Å². The maximum atomic E-state index is 13.7. The Kier molecular flexibility index (Phi) is 7.99. The maximum Gasteiger partial charge on any atom is 0.254 e. The van der Waals surface area contributed by atoms with Crippen molar-refractivity contribution < 1.29 is 9.90 Å². The van der Waals surface area contributed by atoms with Crippen LogP contribution in [0.3, 0.4) is 0 Å². The first kappa shape index (κ1) is 26.2. The zero-order chi connectivity index (χ0) is 26.6. The summed E-state index contributed by atoms with van der Waals surface area (Å²) in [6.07, 6.45) is 4.93. The molecule has 2 aliphatic rings. The molecule has 2 aliphatic heterocycles. The minimum atomic E-state index is -0.748. The number of aliphatic hydroxyl groups is 1. The van der Waals surface area contributed by atoms with Gasteiger partial charge >= 0.3 is 0 Å². The molecule has 11 heteroatoms. The predicted molar refractivity (Wildman–Crippen MR) is 147 cm³/mol. The van der Waals surface area contributed by atoms with Crippen LogP contribution in [0.1, 0.15) is 24.4 Å². The minimum absolute atomic E-state index is 0.122. The Morgan fingerprint density at radius 3 is 2.53 bits per heavy atom. The van der Waals surface area contributed by atoms with Crippen molar-refractivity contribution in [2.75, 3.05) is 24.7 Å². The van der Waals surface area contributed by atoms with Gasteiger partial charge in [-0.1, -0.05) is 53.5 Å². The van der Waals surface area contributed by atoms with E-state index in [1.807, 2.05) is 30.3 Å². The zero-order valence-corrected chi connectivity index (χ0v) is 22.1. The van der Waals surface area contributed by atoms with E-state index in [4.69, 9.17) is 23.2 Å². The molecule has 0 unspecified atom stereocenters. The summed E-state index contributed by atoms with van der Waals surface area (Å²) in [5.41, 5.74) is 8.04. The van der Waals surface area contributed by atoms with Crippen LogP contribution in [-0.4, -0.2) is 45.2 Å². The van der Waals surface area contributed by atoms with E-state index in [-0.39, 0.29) is 24.0 Å². The van der Waals surface area contributed by atoms with E-state index in [1.54, 1.807) is 34.3 Å². The van der Waals surface area contributed by atoms with E-state index in [9.17, 15) is 14.7 Å². The van der Waals surface area contributed by atoms with E-state index >= 15 is 0 Å². The van der Waals surface area contributed by atoms with Crippen molar-refractivity contribution in [2.24, 2.45) is 5.92 Å². The summed E-state index contributed by atoms with van der Waals surface area (Å²) in [4.78, 5) is 33.6. The number of carbonyl (C=O) groups is 1. The Morgan fingerprint density at radius 2 is 1.87 bits per heavy atom. The highest BCUT2D eigenvalue weighted by Gasteiger charge is 2.30. The molecule has 3 heterocycles. The first-order valence-electron chi connectivity index (χ1n) is 12.4. The number of piperidine rings is 1. The largest absolute Gasteiger partial charge is 0.396 e. The standard InChI is InChI=1S/C27H28Cl2N6O3/c28-20-6-7-23(35-15-25(29)31-32-35)21(13-20)22-14-26(37)34(17-30-22)24(12-18-4-2-1-3-5-18)27(38)33-10-8-19(16-36)9-11-33/h1-7,13-15,17,19,24,31-32,36H,8-12,16H2/t24-/m0/s1. The van der Waals surface area contributed by atoms with Crippen LogP contribution < -0.4 is 21.5 Å². The van der Waals surface area contributed by atoms with Gasteiger partial charge in [0.25, 0.3) is 5.56 Å². The van der Waals surface area contributed by atoms with Gasteiger partial charge in [-0.15, -0.1) is 5.53 Å². The Balaban J connectivity index is 1.49. The molecule has 1 atom stereocenters. The summed E-state index contributed by atoms with van der Waals surface area (Å²) in [7, 11) is 0. The number of amides is 1. The van der Waals surface area contributed by atoms with Gasteiger partial charge < -0.3 is 10.0 Å². The van der Waals surface area contributed by atoms with E-state index in [0.717, 1.165) is 18.4 Å². The maximum absolute atomic E-state index is 13.7. The van der Waals surface area contributed by atoms with Crippen molar-refractivity contribution in [1.29, 1.82) is 0 Å². The Hall–Kier alpha value is -3.37. The lowest BCUT2D eigenvalue weighted by Crippen LogP contribution is -2.45. The van der Waals surface area contributed by atoms with E-state index in [0.29, 0.717) is 46.6 Å². The SMILES string of the molecule is O=C([C@H](Cc1ccccc1)n1cnc(-c2cc(Cl)ccc2N2C=C(Cl)NN2)cc1=O)N1CCC(CO)CC1. The summed E-state index contributed by atoms with van der Waals surface area (Å²) in [5.74, 6) is 0.0738. The monoisotopic (exact) mass is 554 g/mol. The first-order valence-corrected chi connectivity index (χ1v) is 13.2. The van der Waals surface area contributed by atoms with Crippen LogP contribution >= 0.6 is 23.2 Å². The molecule has 2 aromatic carbocycles. The number of hydrogen-bond donors (Lipinski definition) is 3. The molecule has 5 rings (SSSR count). The number of likely N-dealkylation sites (tertiary alicyclic amines) is 1. The number of aliphatic hydroxyl groups excluding tert-OH is 1. The second-order valence-corrected chi connectivity index (χ2v) is 10.3. The molecule has 1 amide bonds. The number of nitrogens with one attached hydrogen (secondary N) is 2. The summed E-state index contributed by atoms with van der Waals surface area (Å²) in [5, 5.41) is 12.0. The fourth-order valence-corrected chi connectivity index (χ4v) is 5.14. The molecule has 0 spiro atoms. The van der Waals surface area contributed by atoms with Crippen LogP contribution in [0.5, 0.6) is 0 Å². The average molecular weight is 555 g/mol. The van der Waals surface area contributed by atoms with Crippen molar-refractivity contribution in [2.45, 2.75) is 25.3 Å². The first-order chi connectivity index (χ1) is 18.4. The molecule has 3 aromatic rings. The molecule has 38 heavy (non-hydrogen) atoms. The Morgan fingerprint density at radius 1 is 1.11 bits per heavy atom. The minimum Gasteiger partial charge on any atom is -0.396 e. The van der Waals surface area contributed by atoms with Crippen molar-refractivity contribution in [3.8, 4) is 11.3 Å². The molecule has 198 valence electrons.